The summed E-state index contributed by atoms with van der Waals surface area (Å²) in [7, 11) is 0. The number of nitrogens with zero attached hydrogens (tertiary/aromatic N) is 1. The van der Waals surface area contributed by atoms with Gasteiger partial charge in [-0.05, 0) is 40.5 Å². The summed E-state index contributed by atoms with van der Waals surface area (Å²) in [6, 6.07) is 0. The molecule has 4 heteroatoms. The maximum absolute atomic E-state index is 10.6. The SMILES string of the molecule is CCOC1(OCC)CC(C)(C)N(O)C(CC)(CC)C1. The van der Waals surface area contributed by atoms with Crippen molar-refractivity contribution in [3.63, 3.8) is 0 Å². The lowest BCUT2D eigenvalue weighted by Crippen LogP contribution is -2.67. The molecule has 19 heavy (non-hydrogen) atoms. The molecule has 0 spiro atoms. The summed E-state index contributed by atoms with van der Waals surface area (Å²) >= 11 is 0. The van der Waals surface area contributed by atoms with Crippen LogP contribution in [0.4, 0.5) is 0 Å². The second kappa shape index (κ2) is 6.08. The summed E-state index contributed by atoms with van der Waals surface area (Å²) in [5.74, 6) is -0.571. The van der Waals surface area contributed by atoms with Crippen molar-refractivity contribution >= 4 is 0 Å². The quantitative estimate of drug-likeness (QED) is 0.751. The molecular weight excluding hydrogens is 242 g/mol. The van der Waals surface area contributed by atoms with Crippen LogP contribution in [0.3, 0.4) is 0 Å². The van der Waals surface area contributed by atoms with Crippen LogP contribution in [0.15, 0.2) is 0 Å². The summed E-state index contributed by atoms with van der Waals surface area (Å²) in [5, 5.41) is 12.2. The van der Waals surface area contributed by atoms with Gasteiger partial charge >= 0.3 is 0 Å². The molecule has 0 atom stereocenters. The summed E-state index contributed by atoms with van der Waals surface area (Å²) in [4.78, 5) is 0. The van der Waals surface area contributed by atoms with Crippen LogP contribution < -0.4 is 0 Å². The van der Waals surface area contributed by atoms with Gasteiger partial charge in [-0.3, -0.25) is 0 Å². The van der Waals surface area contributed by atoms with E-state index in [1.165, 1.54) is 0 Å². The Kier molecular flexibility index (Phi) is 5.41. The number of hydrogen-bond acceptors (Lipinski definition) is 4. The second-order valence-electron chi connectivity index (χ2n) is 6.19. The van der Waals surface area contributed by atoms with Gasteiger partial charge < -0.3 is 14.7 Å². The highest BCUT2D eigenvalue weighted by Gasteiger charge is 2.56. The highest BCUT2D eigenvalue weighted by atomic mass is 16.7. The molecule has 0 radical (unpaired) electrons. The van der Waals surface area contributed by atoms with Crippen LogP contribution in [0, 0.1) is 0 Å². The molecular formula is C15H31NO3. The normalized spacial score (nSPS) is 25.4. The Morgan fingerprint density at radius 3 is 1.79 bits per heavy atom. The molecule has 0 aromatic heterocycles. The zero-order chi connectivity index (χ0) is 14.7. The summed E-state index contributed by atoms with van der Waals surface area (Å²) in [5.41, 5.74) is -0.624. The summed E-state index contributed by atoms with van der Waals surface area (Å²) in [6.45, 7) is 13.6. The minimum atomic E-state index is -0.571. The van der Waals surface area contributed by atoms with Gasteiger partial charge in [-0.15, -0.1) is 0 Å². The fourth-order valence-electron chi connectivity index (χ4n) is 3.59. The van der Waals surface area contributed by atoms with Crippen molar-refractivity contribution in [2.45, 2.75) is 84.1 Å². The molecule has 0 aromatic carbocycles. The Balaban J connectivity index is 3.15. The molecule has 1 fully saturated rings. The Morgan fingerprint density at radius 1 is 0.947 bits per heavy atom. The molecule has 1 rings (SSSR count). The maximum Gasteiger partial charge on any atom is 0.171 e. The first-order valence-corrected chi connectivity index (χ1v) is 7.58. The van der Waals surface area contributed by atoms with Crippen LogP contribution in [0.2, 0.25) is 0 Å². The van der Waals surface area contributed by atoms with Crippen LogP contribution in [0.5, 0.6) is 0 Å². The first-order valence-electron chi connectivity index (χ1n) is 7.58. The van der Waals surface area contributed by atoms with Crippen molar-refractivity contribution in [1.82, 2.24) is 5.06 Å². The summed E-state index contributed by atoms with van der Waals surface area (Å²) < 4.78 is 12.0. The maximum atomic E-state index is 10.6. The van der Waals surface area contributed by atoms with Crippen molar-refractivity contribution in [3.8, 4) is 0 Å². The lowest BCUT2D eigenvalue weighted by molar-refractivity contribution is -0.348. The van der Waals surface area contributed by atoms with E-state index in [0.717, 1.165) is 12.8 Å². The molecule has 1 N–H and O–H groups in total. The van der Waals surface area contributed by atoms with Gasteiger partial charge in [-0.2, -0.15) is 5.06 Å². The minimum absolute atomic E-state index is 0.272. The highest BCUT2D eigenvalue weighted by molar-refractivity contribution is 5.03. The number of piperidine rings is 1. The highest BCUT2D eigenvalue weighted by Crippen LogP contribution is 2.47. The molecule has 1 aliphatic heterocycles. The fraction of sp³-hybridized carbons (Fsp3) is 1.00. The lowest BCUT2D eigenvalue weighted by Gasteiger charge is -2.57. The zero-order valence-corrected chi connectivity index (χ0v) is 13.5. The van der Waals surface area contributed by atoms with Gasteiger partial charge in [0.2, 0.25) is 0 Å². The Labute approximate surface area is 118 Å². The lowest BCUT2D eigenvalue weighted by atomic mass is 9.73. The number of rotatable bonds is 6. The average molecular weight is 273 g/mol. The molecule has 1 aliphatic rings. The standard InChI is InChI=1S/C15H31NO3/c1-7-14(8-2)12-15(18-9-3,19-10-4)11-13(5,6)16(14)17/h17H,7-12H2,1-6H3. The predicted octanol–water partition coefficient (Wildman–Crippen LogP) is 3.58. The average Bonchev–Trinajstić information content (AvgIpc) is 2.34. The van der Waals surface area contributed by atoms with E-state index in [0.29, 0.717) is 26.1 Å². The van der Waals surface area contributed by atoms with E-state index in [4.69, 9.17) is 9.47 Å². The number of ether oxygens (including phenoxy) is 2. The molecule has 0 amide bonds. The molecule has 0 bridgehead atoms. The molecule has 0 unspecified atom stereocenters. The first kappa shape index (κ1) is 16.9. The van der Waals surface area contributed by atoms with Crippen LogP contribution in [-0.2, 0) is 9.47 Å². The number of hydroxylamine groups is 2. The van der Waals surface area contributed by atoms with Crippen molar-refractivity contribution < 1.29 is 14.7 Å². The van der Waals surface area contributed by atoms with E-state index in [-0.39, 0.29) is 11.1 Å². The van der Waals surface area contributed by atoms with Crippen molar-refractivity contribution in [3.05, 3.63) is 0 Å². The third-order valence-corrected chi connectivity index (χ3v) is 4.45. The first-order chi connectivity index (χ1) is 8.81. The third kappa shape index (κ3) is 3.13. The van der Waals surface area contributed by atoms with E-state index in [1.54, 1.807) is 5.06 Å². The number of hydrogen-bond donors (Lipinski definition) is 1. The van der Waals surface area contributed by atoms with Crippen LogP contribution in [0.25, 0.3) is 0 Å². The third-order valence-electron chi connectivity index (χ3n) is 4.45. The van der Waals surface area contributed by atoms with Gasteiger partial charge in [-0.25, -0.2) is 0 Å². The van der Waals surface area contributed by atoms with Crippen LogP contribution >= 0.6 is 0 Å². The molecule has 0 aromatic rings. The second-order valence-corrected chi connectivity index (χ2v) is 6.19. The zero-order valence-electron chi connectivity index (χ0n) is 13.5. The van der Waals surface area contributed by atoms with Crippen molar-refractivity contribution in [2.24, 2.45) is 0 Å². The van der Waals surface area contributed by atoms with Gasteiger partial charge in [0.1, 0.15) is 0 Å². The predicted molar refractivity (Wildman–Crippen MR) is 76.2 cm³/mol. The topological polar surface area (TPSA) is 41.9 Å². The van der Waals surface area contributed by atoms with Gasteiger partial charge in [-0.1, -0.05) is 13.8 Å². The molecule has 0 saturated carbocycles. The molecule has 1 saturated heterocycles. The van der Waals surface area contributed by atoms with Gasteiger partial charge in [0.05, 0.1) is 5.54 Å². The van der Waals surface area contributed by atoms with E-state index in [9.17, 15) is 5.21 Å². The smallest absolute Gasteiger partial charge is 0.171 e. The van der Waals surface area contributed by atoms with E-state index in [1.807, 2.05) is 13.8 Å². The van der Waals surface area contributed by atoms with Crippen molar-refractivity contribution in [2.75, 3.05) is 13.2 Å². The Hall–Kier alpha value is -0.160. The molecule has 4 nitrogen and oxygen atoms in total. The summed E-state index contributed by atoms with van der Waals surface area (Å²) in [6.07, 6.45) is 3.16. The molecule has 1 heterocycles. The van der Waals surface area contributed by atoms with Gasteiger partial charge in [0.15, 0.2) is 5.79 Å². The van der Waals surface area contributed by atoms with E-state index in [2.05, 4.69) is 27.7 Å². The van der Waals surface area contributed by atoms with Crippen LogP contribution in [0.1, 0.15) is 67.2 Å². The largest absolute Gasteiger partial charge is 0.350 e. The van der Waals surface area contributed by atoms with Crippen molar-refractivity contribution in [1.29, 1.82) is 0 Å². The van der Waals surface area contributed by atoms with Crippen LogP contribution in [-0.4, -0.2) is 40.3 Å². The monoisotopic (exact) mass is 273 g/mol. The Bertz CT molecular complexity index is 281. The molecule has 114 valence electrons. The van der Waals surface area contributed by atoms with E-state index >= 15 is 0 Å². The Morgan fingerprint density at radius 2 is 1.42 bits per heavy atom. The van der Waals surface area contributed by atoms with Gasteiger partial charge in [0.25, 0.3) is 0 Å². The fourth-order valence-corrected chi connectivity index (χ4v) is 3.59. The van der Waals surface area contributed by atoms with Gasteiger partial charge in [0, 0.05) is 31.6 Å². The molecule has 0 aliphatic carbocycles. The van der Waals surface area contributed by atoms with E-state index < -0.39 is 5.79 Å². The minimum Gasteiger partial charge on any atom is -0.350 e.